The molecule has 1 aliphatic rings. The second-order valence-corrected chi connectivity index (χ2v) is 5.75. The molecule has 5 nitrogen and oxygen atoms in total. The zero-order valence-corrected chi connectivity index (χ0v) is 13.0. The van der Waals surface area contributed by atoms with Crippen molar-refractivity contribution in [2.24, 2.45) is 5.92 Å². The minimum absolute atomic E-state index is 0.128. The molecule has 0 saturated carbocycles. The van der Waals surface area contributed by atoms with Crippen LogP contribution in [-0.2, 0) is 9.53 Å². The van der Waals surface area contributed by atoms with E-state index >= 15 is 0 Å². The van der Waals surface area contributed by atoms with Gasteiger partial charge < -0.3 is 9.47 Å². The van der Waals surface area contributed by atoms with Crippen molar-refractivity contribution in [2.75, 3.05) is 6.61 Å². The molecule has 2 amide bonds. The predicted octanol–water partition coefficient (Wildman–Crippen LogP) is 3.11. The summed E-state index contributed by atoms with van der Waals surface area (Å²) >= 11 is 5.80. The molecule has 6 heteroatoms. The molecule has 0 unspecified atom stereocenters. The lowest BCUT2D eigenvalue weighted by Gasteiger charge is -2.25. The molecule has 1 aliphatic heterocycles. The summed E-state index contributed by atoms with van der Waals surface area (Å²) in [5, 5.41) is 0.587. The maximum Gasteiger partial charge on any atom is 0.417 e. The Kier molecular flexibility index (Phi) is 4.73. The fraction of sp³-hybridized carbons (Fsp3) is 0.467. The molecular weight excluding hydrogens is 294 g/mol. The third-order valence-corrected chi connectivity index (χ3v) is 3.64. The molecule has 1 aromatic rings. The first-order valence-electron chi connectivity index (χ1n) is 6.82. The fourth-order valence-electron chi connectivity index (χ4n) is 2.14. The van der Waals surface area contributed by atoms with Gasteiger partial charge >= 0.3 is 6.09 Å². The number of rotatable bonds is 4. The zero-order valence-electron chi connectivity index (χ0n) is 12.2. The van der Waals surface area contributed by atoms with Gasteiger partial charge in [-0.15, -0.1) is 0 Å². The van der Waals surface area contributed by atoms with Gasteiger partial charge in [-0.25, -0.2) is 9.69 Å². The average Bonchev–Trinajstić information content (AvgIpc) is 2.82. The van der Waals surface area contributed by atoms with E-state index in [2.05, 4.69) is 0 Å². The Morgan fingerprint density at radius 2 is 1.95 bits per heavy atom. The molecule has 0 radical (unpaired) electrons. The highest BCUT2D eigenvalue weighted by atomic mass is 35.5. The predicted molar refractivity (Wildman–Crippen MR) is 78.4 cm³/mol. The molecule has 21 heavy (non-hydrogen) atoms. The van der Waals surface area contributed by atoms with Crippen molar-refractivity contribution < 1.29 is 19.1 Å². The number of amides is 2. The third-order valence-electron chi connectivity index (χ3n) is 3.39. The van der Waals surface area contributed by atoms with Gasteiger partial charge in [0.2, 0.25) is 0 Å². The van der Waals surface area contributed by atoms with Gasteiger partial charge in [0.1, 0.15) is 12.4 Å². The van der Waals surface area contributed by atoms with Crippen LogP contribution in [0, 0.1) is 5.92 Å². The SMILES string of the molecule is CC(C)[C@H]1COC(=O)N1C(=O)[C@H](C)Oc1ccc(Cl)cc1. The minimum Gasteiger partial charge on any atom is -0.481 e. The Morgan fingerprint density at radius 3 is 2.52 bits per heavy atom. The van der Waals surface area contributed by atoms with Crippen LogP contribution >= 0.6 is 11.6 Å². The number of hydrogen-bond acceptors (Lipinski definition) is 4. The van der Waals surface area contributed by atoms with Crippen molar-refractivity contribution in [1.82, 2.24) is 4.90 Å². The second-order valence-electron chi connectivity index (χ2n) is 5.31. The summed E-state index contributed by atoms with van der Waals surface area (Å²) in [6.45, 7) is 5.73. The number of ether oxygens (including phenoxy) is 2. The summed E-state index contributed by atoms with van der Waals surface area (Å²) in [7, 11) is 0. The maximum atomic E-state index is 12.4. The lowest BCUT2D eigenvalue weighted by Crippen LogP contribution is -2.47. The lowest BCUT2D eigenvalue weighted by atomic mass is 10.0. The summed E-state index contributed by atoms with van der Waals surface area (Å²) < 4.78 is 10.5. The second kappa shape index (κ2) is 6.35. The van der Waals surface area contributed by atoms with E-state index in [-0.39, 0.29) is 18.6 Å². The van der Waals surface area contributed by atoms with Gasteiger partial charge in [0.15, 0.2) is 6.10 Å². The highest BCUT2D eigenvalue weighted by Gasteiger charge is 2.41. The van der Waals surface area contributed by atoms with E-state index in [0.717, 1.165) is 4.90 Å². The summed E-state index contributed by atoms with van der Waals surface area (Å²) in [5.41, 5.74) is 0. The van der Waals surface area contributed by atoms with Crippen LogP contribution in [0.3, 0.4) is 0 Å². The van der Waals surface area contributed by atoms with Gasteiger partial charge in [-0.1, -0.05) is 25.4 Å². The molecule has 0 spiro atoms. The standard InChI is InChI=1S/C15H18ClNO4/c1-9(2)13-8-20-15(19)17(13)14(18)10(3)21-12-6-4-11(16)5-7-12/h4-7,9-10,13H,8H2,1-3H3/t10-,13+/m0/s1. The van der Waals surface area contributed by atoms with Crippen molar-refractivity contribution in [3.8, 4) is 5.75 Å². The first-order chi connectivity index (χ1) is 9.90. The molecule has 0 N–H and O–H groups in total. The molecule has 0 aliphatic carbocycles. The van der Waals surface area contributed by atoms with E-state index in [1.54, 1.807) is 31.2 Å². The van der Waals surface area contributed by atoms with E-state index in [1.807, 2.05) is 13.8 Å². The number of carbonyl (C=O) groups is 2. The van der Waals surface area contributed by atoms with E-state index < -0.39 is 18.1 Å². The number of halogens is 1. The molecule has 2 rings (SSSR count). The van der Waals surface area contributed by atoms with Crippen LogP contribution in [0.25, 0.3) is 0 Å². The number of hydrogen-bond donors (Lipinski definition) is 0. The quantitative estimate of drug-likeness (QED) is 0.857. The van der Waals surface area contributed by atoms with Gasteiger partial charge in [-0.3, -0.25) is 4.79 Å². The van der Waals surface area contributed by atoms with Crippen LogP contribution in [0.4, 0.5) is 4.79 Å². The smallest absolute Gasteiger partial charge is 0.417 e. The minimum atomic E-state index is -0.780. The van der Waals surface area contributed by atoms with Crippen LogP contribution in [0.5, 0.6) is 5.75 Å². The van der Waals surface area contributed by atoms with Crippen LogP contribution in [-0.4, -0.2) is 35.7 Å². The number of cyclic esters (lactones) is 1. The molecule has 0 aromatic heterocycles. The Hall–Kier alpha value is -1.75. The normalized spacial score (nSPS) is 19.6. The number of carbonyl (C=O) groups excluding carboxylic acids is 2. The van der Waals surface area contributed by atoms with Gasteiger partial charge in [0.05, 0.1) is 6.04 Å². The van der Waals surface area contributed by atoms with Crippen LogP contribution < -0.4 is 4.74 Å². The number of nitrogens with zero attached hydrogens (tertiary/aromatic N) is 1. The van der Waals surface area contributed by atoms with Crippen LogP contribution in [0.15, 0.2) is 24.3 Å². The maximum absolute atomic E-state index is 12.4. The van der Waals surface area contributed by atoms with Gasteiger partial charge in [-0.05, 0) is 37.1 Å². The van der Waals surface area contributed by atoms with E-state index in [4.69, 9.17) is 21.1 Å². The zero-order chi connectivity index (χ0) is 15.6. The number of benzene rings is 1. The van der Waals surface area contributed by atoms with Crippen molar-refractivity contribution >= 4 is 23.6 Å². The van der Waals surface area contributed by atoms with Crippen molar-refractivity contribution in [1.29, 1.82) is 0 Å². The van der Waals surface area contributed by atoms with E-state index in [0.29, 0.717) is 10.8 Å². The highest BCUT2D eigenvalue weighted by Crippen LogP contribution is 2.22. The monoisotopic (exact) mass is 311 g/mol. The van der Waals surface area contributed by atoms with Crippen LogP contribution in [0.1, 0.15) is 20.8 Å². The Labute approximate surface area is 128 Å². The topological polar surface area (TPSA) is 55.8 Å². The first kappa shape index (κ1) is 15.6. The largest absolute Gasteiger partial charge is 0.481 e. The number of imide groups is 1. The summed E-state index contributed by atoms with van der Waals surface area (Å²) in [4.78, 5) is 25.3. The van der Waals surface area contributed by atoms with E-state index in [1.165, 1.54) is 0 Å². The molecule has 114 valence electrons. The average molecular weight is 312 g/mol. The van der Waals surface area contributed by atoms with Crippen molar-refractivity contribution in [2.45, 2.75) is 32.9 Å². The summed E-state index contributed by atoms with van der Waals surface area (Å²) in [6.07, 6.45) is -1.39. The molecular formula is C15H18ClNO4. The third kappa shape index (κ3) is 3.47. The Balaban J connectivity index is 2.07. The lowest BCUT2D eigenvalue weighted by molar-refractivity contribution is -0.136. The Bertz CT molecular complexity index is 529. The van der Waals surface area contributed by atoms with Crippen molar-refractivity contribution in [3.05, 3.63) is 29.3 Å². The van der Waals surface area contributed by atoms with Gasteiger partial charge in [-0.2, -0.15) is 0 Å². The van der Waals surface area contributed by atoms with Gasteiger partial charge in [0.25, 0.3) is 5.91 Å². The molecule has 1 fully saturated rings. The molecule has 1 aromatic carbocycles. The molecule has 2 atom stereocenters. The Morgan fingerprint density at radius 1 is 1.33 bits per heavy atom. The molecule has 1 saturated heterocycles. The first-order valence-corrected chi connectivity index (χ1v) is 7.20. The van der Waals surface area contributed by atoms with Crippen molar-refractivity contribution in [3.63, 3.8) is 0 Å². The summed E-state index contributed by atoms with van der Waals surface area (Å²) in [5.74, 6) is 0.253. The molecule has 0 bridgehead atoms. The highest BCUT2D eigenvalue weighted by molar-refractivity contribution is 6.30. The van der Waals surface area contributed by atoms with Crippen LogP contribution in [0.2, 0.25) is 5.02 Å². The summed E-state index contributed by atoms with van der Waals surface area (Å²) in [6, 6.07) is 6.45. The van der Waals surface area contributed by atoms with E-state index in [9.17, 15) is 9.59 Å². The molecule has 1 heterocycles. The van der Waals surface area contributed by atoms with Gasteiger partial charge in [0, 0.05) is 5.02 Å². The fourth-order valence-corrected chi connectivity index (χ4v) is 2.27.